The Labute approximate surface area is 130 Å². The van der Waals surface area contributed by atoms with Crippen LogP contribution in [0.3, 0.4) is 0 Å². The van der Waals surface area contributed by atoms with E-state index in [0.717, 1.165) is 12.8 Å². The Morgan fingerprint density at radius 3 is 2.55 bits per heavy atom. The molecular formula is C17H21NO4. The predicted molar refractivity (Wildman–Crippen MR) is 83.7 cm³/mol. The third kappa shape index (κ3) is 4.35. The molecule has 5 nitrogen and oxygen atoms in total. The molecule has 0 bridgehead atoms. The van der Waals surface area contributed by atoms with Crippen LogP contribution in [0.2, 0.25) is 0 Å². The van der Waals surface area contributed by atoms with Crippen molar-refractivity contribution < 1.29 is 19.1 Å². The molecule has 1 aromatic carbocycles. The summed E-state index contributed by atoms with van der Waals surface area (Å²) in [7, 11) is 1.58. The molecule has 118 valence electrons. The lowest BCUT2D eigenvalue weighted by Gasteiger charge is -2.19. The van der Waals surface area contributed by atoms with Gasteiger partial charge in [-0.1, -0.05) is 12.2 Å². The summed E-state index contributed by atoms with van der Waals surface area (Å²) in [5, 5.41) is 2.72. The Kier molecular flexibility index (Phi) is 5.58. The quantitative estimate of drug-likeness (QED) is 0.671. The molecule has 22 heavy (non-hydrogen) atoms. The van der Waals surface area contributed by atoms with Crippen molar-refractivity contribution in [2.24, 2.45) is 5.92 Å². The number of hydrogen-bond donors (Lipinski definition) is 1. The standard InChI is InChI=1S/C17H21NO4/c1-12(22-17(20)13-6-4-3-5-7-13)16(19)18-14-8-10-15(21-2)11-9-14/h3-4,8-13H,5-7H2,1-2H3,(H,18,19)/t12-,13+/m0/s1. The minimum absolute atomic E-state index is 0.138. The predicted octanol–water partition coefficient (Wildman–Crippen LogP) is 2.92. The van der Waals surface area contributed by atoms with Gasteiger partial charge in [-0.25, -0.2) is 0 Å². The lowest BCUT2D eigenvalue weighted by molar-refractivity contribution is -0.157. The molecule has 1 aliphatic rings. The first-order chi connectivity index (χ1) is 10.6. The molecule has 2 atom stereocenters. The number of ether oxygens (including phenoxy) is 2. The first kappa shape index (κ1) is 16.1. The molecule has 0 aromatic heterocycles. The number of methoxy groups -OCH3 is 1. The van der Waals surface area contributed by atoms with E-state index in [2.05, 4.69) is 11.4 Å². The van der Waals surface area contributed by atoms with Crippen molar-refractivity contribution in [2.75, 3.05) is 12.4 Å². The van der Waals surface area contributed by atoms with E-state index in [1.807, 2.05) is 6.08 Å². The number of benzene rings is 1. The molecule has 1 N–H and O–H groups in total. The van der Waals surface area contributed by atoms with E-state index in [1.165, 1.54) is 0 Å². The van der Waals surface area contributed by atoms with Crippen molar-refractivity contribution in [3.63, 3.8) is 0 Å². The van der Waals surface area contributed by atoms with E-state index in [1.54, 1.807) is 38.3 Å². The molecule has 2 rings (SSSR count). The topological polar surface area (TPSA) is 64.6 Å². The van der Waals surface area contributed by atoms with Crippen molar-refractivity contribution in [1.29, 1.82) is 0 Å². The molecular weight excluding hydrogens is 282 g/mol. The second-order valence-electron chi connectivity index (χ2n) is 5.28. The van der Waals surface area contributed by atoms with Crippen LogP contribution in [-0.4, -0.2) is 25.1 Å². The van der Waals surface area contributed by atoms with Crippen LogP contribution >= 0.6 is 0 Å². The Bertz CT molecular complexity index is 550. The summed E-state index contributed by atoms with van der Waals surface area (Å²) in [6.07, 6.45) is 5.57. The molecule has 0 unspecified atom stereocenters. The fourth-order valence-corrected chi connectivity index (χ4v) is 2.25. The third-order valence-corrected chi connectivity index (χ3v) is 3.62. The van der Waals surface area contributed by atoms with Crippen molar-refractivity contribution in [3.8, 4) is 5.75 Å². The van der Waals surface area contributed by atoms with E-state index < -0.39 is 6.10 Å². The summed E-state index contributed by atoms with van der Waals surface area (Å²) >= 11 is 0. The van der Waals surface area contributed by atoms with E-state index in [-0.39, 0.29) is 17.8 Å². The van der Waals surface area contributed by atoms with Gasteiger partial charge in [0, 0.05) is 5.69 Å². The number of carbonyl (C=O) groups is 2. The first-order valence-electron chi connectivity index (χ1n) is 7.40. The number of hydrogen-bond acceptors (Lipinski definition) is 4. The minimum Gasteiger partial charge on any atom is -0.497 e. The van der Waals surface area contributed by atoms with Crippen LogP contribution in [0.1, 0.15) is 26.2 Å². The Morgan fingerprint density at radius 2 is 1.95 bits per heavy atom. The highest BCUT2D eigenvalue weighted by molar-refractivity contribution is 5.95. The van der Waals surface area contributed by atoms with E-state index in [9.17, 15) is 9.59 Å². The summed E-state index contributed by atoms with van der Waals surface area (Å²) < 4.78 is 10.3. The van der Waals surface area contributed by atoms with Gasteiger partial charge in [-0.05, 0) is 50.5 Å². The Hall–Kier alpha value is -2.30. The molecule has 0 radical (unpaired) electrons. The van der Waals surface area contributed by atoms with Crippen molar-refractivity contribution >= 4 is 17.6 Å². The molecule has 0 aliphatic heterocycles. The van der Waals surface area contributed by atoms with Crippen LogP contribution in [-0.2, 0) is 14.3 Å². The molecule has 5 heteroatoms. The molecule has 0 fully saturated rings. The van der Waals surface area contributed by atoms with Crippen LogP contribution in [0.5, 0.6) is 5.75 Å². The highest BCUT2D eigenvalue weighted by atomic mass is 16.5. The van der Waals surface area contributed by atoms with Crippen LogP contribution in [0.4, 0.5) is 5.69 Å². The number of allylic oxidation sites excluding steroid dienone is 2. The summed E-state index contributed by atoms with van der Waals surface area (Å²) in [5.41, 5.74) is 0.634. The van der Waals surface area contributed by atoms with E-state index >= 15 is 0 Å². The summed E-state index contributed by atoms with van der Waals surface area (Å²) in [5.74, 6) is -0.0735. The lowest BCUT2D eigenvalue weighted by Crippen LogP contribution is -2.32. The van der Waals surface area contributed by atoms with Crippen molar-refractivity contribution in [2.45, 2.75) is 32.3 Å². The molecule has 0 heterocycles. The number of nitrogens with one attached hydrogen (secondary N) is 1. The zero-order valence-corrected chi connectivity index (χ0v) is 12.9. The highest BCUT2D eigenvalue weighted by Gasteiger charge is 2.24. The van der Waals surface area contributed by atoms with Gasteiger partial charge in [-0.15, -0.1) is 0 Å². The molecule has 0 spiro atoms. The zero-order valence-electron chi connectivity index (χ0n) is 12.9. The van der Waals surface area contributed by atoms with E-state index in [0.29, 0.717) is 17.9 Å². The maximum atomic E-state index is 12.1. The Balaban J connectivity index is 1.85. The van der Waals surface area contributed by atoms with E-state index in [4.69, 9.17) is 9.47 Å². The second kappa shape index (κ2) is 7.64. The molecule has 1 amide bonds. The average Bonchev–Trinajstić information content (AvgIpc) is 2.56. The maximum Gasteiger partial charge on any atom is 0.310 e. The third-order valence-electron chi connectivity index (χ3n) is 3.62. The number of rotatable bonds is 5. The number of esters is 1. The fourth-order valence-electron chi connectivity index (χ4n) is 2.25. The van der Waals surface area contributed by atoms with Crippen LogP contribution in [0.15, 0.2) is 36.4 Å². The van der Waals surface area contributed by atoms with Gasteiger partial charge in [0.25, 0.3) is 5.91 Å². The second-order valence-corrected chi connectivity index (χ2v) is 5.28. The molecule has 0 saturated carbocycles. The highest BCUT2D eigenvalue weighted by Crippen LogP contribution is 2.20. The average molecular weight is 303 g/mol. The van der Waals surface area contributed by atoms with Crippen molar-refractivity contribution in [3.05, 3.63) is 36.4 Å². The minimum atomic E-state index is -0.819. The van der Waals surface area contributed by atoms with Crippen molar-refractivity contribution in [1.82, 2.24) is 0 Å². The fraction of sp³-hybridized carbons (Fsp3) is 0.412. The largest absolute Gasteiger partial charge is 0.497 e. The number of carbonyl (C=O) groups excluding carboxylic acids is 2. The van der Waals surface area contributed by atoms with Gasteiger partial charge in [0.05, 0.1) is 13.0 Å². The lowest BCUT2D eigenvalue weighted by atomic mass is 9.95. The van der Waals surface area contributed by atoms with Crippen LogP contribution in [0, 0.1) is 5.92 Å². The van der Waals surface area contributed by atoms with Gasteiger partial charge in [0.2, 0.25) is 0 Å². The Morgan fingerprint density at radius 1 is 1.23 bits per heavy atom. The first-order valence-corrected chi connectivity index (χ1v) is 7.40. The SMILES string of the molecule is COc1ccc(NC(=O)[C@H](C)OC(=O)[C@@H]2CC=CCC2)cc1. The smallest absolute Gasteiger partial charge is 0.310 e. The van der Waals surface area contributed by atoms with Gasteiger partial charge in [0.1, 0.15) is 5.75 Å². The summed E-state index contributed by atoms with van der Waals surface area (Å²) in [4.78, 5) is 24.0. The van der Waals surface area contributed by atoms with Gasteiger partial charge in [-0.3, -0.25) is 9.59 Å². The van der Waals surface area contributed by atoms with Gasteiger partial charge < -0.3 is 14.8 Å². The summed E-state index contributed by atoms with van der Waals surface area (Å²) in [6, 6.07) is 6.97. The molecule has 0 saturated heterocycles. The number of anilines is 1. The van der Waals surface area contributed by atoms with Crippen LogP contribution < -0.4 is 10.1 Å². The van der Waals surface area contributed by atoms with Gasteiger partial charge in [0.15, 0.2) is 6.10 Å². The maximum absolute atomic E-state index is 12.1. The molecule has 1 aliphatic carbocycles. The normalized spacial score (nSPS) is 18.4. The number of amides is 1. The van der Waals surface area contributed by atoms with Crippen LogP contribution in [0.25, 0.3) is 0 Å². The van der Waals surface area contributed by atoms with Gasteiger partial charge >= 0.3 is 5.97 Å². The monoisotopic (exact) mass is 303 g/mol. The molecule has 1 aromatic rings. The summed E-state index contributed by atoms with van der Waals surface area (Å²) in [6.45, 7) is 1.58. The zero-order chi connectivity index (χ0) is 15.9. The van der Waals surface area contributed by atoms with Gasteiger partial charge in [-0.2, -0.15) is 0 Å².